The Kier molecular flexibility index (Phi) is 3.55. The molecule has 0 aliphatic carbocycles. The number of para-hydroxylation sites is 1. The number of rotatable bonds is 5. The van der Waals surface area contributed by atoms with Gasteiger partial charge in [-0.2, -0.15) is 0 Å². The molecule has 1 N–H and O–H groups in total. The molecular weight excluding hydrogens is 216 g/mol. The molecule has 0 saturated heterocycles. The van der Waals surface area contributed by atoms with Crippen molar-refractivity contribution in [3.63, 3.8) is 0 Å². The van der Waals surface area contributed by atoms with Gasteiger partial charge in [-0.05, 0) is 18.6 Å². The zero-order valence-electron chi connectivity index (χ0n) is 9.64. The van der Waals surface area contributed by atoms with Gasteiger partial charge in [0.25, 0.3) is 0 Å². The molecule has 0 spiro atoms. The predicted molar refractivity (Wildman–Crippen MR) is 65.2 cm³/mol. The van der Waals surface area contributed by atoms with Crippen LogP contribution in [0.4, 0.5) is 0 Å². The van der Waals surface area contributed by atoms with E-state index in [1.165, 1.54) is 6.20 Å². The summed E-state index contributed by atoms with van der Waals surface area (Å²) >= 11 is 0. The summed E-state index contributed by atoms with van der Waals surface area (Å²) in [7, 11) is 0. The molecule has 0 bridgehead atoms. The number of aromatic nitrogens is 2. The Labute approximate surface area is 99.7 Å². The van der Waals surface area contributed by atoms with Crippen molar-refractivity contribution in [2.75, 3.05) is 6.61 Å². The molecule has 2 aromatic rings. The first-order valence-corrected chi connectivity index (χ1v) is 5.57. The van der Waals surface area contributed by atoms with E-state index in [4.69, 9.17) is 4.74 Å². The van der Waals surface area contributed by atoms with Gasteiger partial charge in [0.1, 0.15) is 11.6 Å². The molecule has 0 aliphatic rings. The summed E-state index contributed by atoms with van der Waals surface area (Å²) in [6, 6.07) is 7.64. The van der Waals surface area contributed by atoms with Crippen LogP contribution in [0.5, 0.6) is 5.75 Å². The normalized spacial score (nSPS) is 10.2. The van der Waals surface area contributed by atoms with Crippen LogP contribution in [-0.2, 0) is 0 Å². The monoisotopic (exact) mass is 230 g/mol. The third-order valence-electron chi connectivity index (χ3n) is 2.33. The first kappa shape index (κ1) is 11.4. The Morgan fingerprint density at radius 2 is 2.24 bits per heavy atom. The van der Waals surface area contributed by atoms with Crippen molar-refractivity contribution < 1.29 is 9.53 Å². The summed E-state index contributed by atoms with van der Waals surface area (Å²) < 4.78 is 5.64. The van der Waals surface area contributed by atoms with Crippen molar-refractivity contribution in [1.82, 2.24) is 9.97 Å². The molecule has 1 heterocycles. The number of ether oxygens (including phenoxy) is 1. The minimum Gasteiger partial charge on any atom is -0.493 e. The van der Waals surface area contributed by atoms with Gasteiger partial charge in [-0.3, -0.25) is 4.79 Å². The summed E-state index contributed by atoms with van der Waals surface area (Å²) in [6.07, 6.45) is 3.21. The first-order chi connectivity index (χ1) is 8.35. The van der Waals surface area contributed by atoms with Gasteiger partial charge < -0.3 is 9.72 Å². The molecule has 0 fully saturated rings. The van der Waals surface area contributed by atoms with Gasteiger partial charge in [-0.15, -0.1) is 0 Å². The van der Waals surface area contributed by atoms with Gasteiger partial charge in [-0.25, -0.2) is 4.98 Å². The minimum absolute atomic E-state index is 0.463. The van der Waals surface area contributed by atoms with Crippen molar-refractivity contribution in [2.24, 2.45) is 0 Å². The van der Waals surface area contributed by atoms with Gasteiger partial charge in [0.05, 0.1) is 24.1 Å². The van der Waals surface area contributed by atoms with Crippen molar-refractivity contribution in [3.8, 4) is 17.1 Å². The smallest absolute Gasteiger partial charge is 0.167 e. The molecule has 1 aromatic carbocycles. The van der Waals surface area contributed by atoms with E-state index in [1.807, 2.05) is 24.3 Å². The van der Waals surface area contributed by atoms with Crippen LogP contribution in [-0.4, -0.2) is 22.9 Å². The quantitative estimate of drug-likeness (QED) is 0.803. The van der Waals surface area contributed by atoms with Gasteiger partial charge in [0, 0.05) is 0 Å². The number of hydrogen-bond donors (Lipinski definition) is 1. The molecule has 88 valence electrons. The second-order valence-electron chi connectivity index (χ2n) is 3.65. The van der Waals surface area contributed by atoms with E-state index in [0.717, 1.165) is 24.0 Å². The molecule has 0 amide bonds. The molecular formula is C13H14N2O2. The number of H-pyrrole nitrogens is 1. The van der Waals surface area contributed by atoms with Crippen LogP contribution in [0.2, 0.25) is 0 Å². The van der Waals surface area contributed by atoms with Crippen LogP contribution in [0.25, 0.3) is 11.4 Å². The number of carbonyl (C=O) groups excluding carboxylic acids is 1. The van der Waals surface area contributed by atoms with Crippen molar-refractivity contribution in [2.45, 2.75) is 13.3 Å². The summed E-state index contributed by atoms with van der Waals surface area (Å²) in [5, 5.41) is 0. The van der Waals surface area contributed by atoms with Crippen molar-refractivity contribution in [3.05, 3.63) is 36.2 Å². The topological polar surface area (TPSA) is 55.0 Å². The molecule has 1 aromatic heterocycles. The zero-order chi connectivity index (χ0) is 12.1. The van der Waals surface area contributed by atoms with Crippen LogP contribution < -0.4 is 4.74 Å². The molecule has 2 rings (SSSR count). The third kappa shape index (κ3) is 2.53. The fourth-order valence-electron chi connectivity index (χ4n) is 1.53. The third-order valence-corrected chi connectivity index (χ3v) is 2.33. The highest BCUT2D eigenvalue weighted by atomic mass is 16.5. The Balaban J connectivity index is 2.33. The summed E-state index contributed by atoms with van der Waals surface area (Å²) in [5.74, 6) is 1.43. The predicted octanol–water partition coefficient (Wildman–Crippen LogP) is 2.68. The number of hydrogen-bond acceptors (Lipinski definition) is 3. The van der Waals surface area contributed by atoms with E-state index >= 15 is 0 Å². The summed E-state index contributed by atoms with van der Waals surface area (Å²) in [4.78, 5) is 17.7. The molecule has 4 nitrogen and oxygen atoms in total. The number of imidazole rings is 1. The maximum Gasteiger partial charge on any atom is 0.167 e. The second-order valence-corrected chi connectivity index (χ2v) is 3.65. The van der Waals surface area contributed by atoms with Crippen LogP contribution >= 0.6 is 0 Å². The molecule has 0 unspecified atom stereocenters. The molecule has 0 aliphatic heterocycles. The standard InChI is InChI=1S/C13H14N2O2/c1-2-7-17-12-6-4-3-5-11(12)13-14-8-10(9-16)15-13/h3-6,8-9H,2,7H2,1H3,(H,14,15). The molecule has 0 radical (unpaired) electrons. The summed E-state index contributed by atoms with van der Waals surface area (Å²) in [5.41, 5.74) is 1.33. The van der Waals surface area contributed by atoms with Crippen LogP contribution in [0.3, 0.4) is 0 Å². The first-order valence-electron chi connectivity index (χ1n) is 5.57. The SMILES string of the molecule is CCCOc1ccccc1-c1ncc(C=O)[nH]1. The van der Waals surface area contributed by atoms with Crippen LogP contribution in [0, 0.1) is 0 Å². The van der Waals surface area contributed by atoms with E-state index < -0.39 is 0 Å². The number of aldehydes is 1. The summed E-state index contributed by atoms with van der Waals surface area (Å²) in [6.45, 7) is 2.72. The lowest BCUT2D eigenvalue weighted by Gasteiger charge is -2.08. The maximum absolute atomic E-state index is 10.6. The van der Waals surface area contributed by atoms with Crippen molar-refractivity contribution >= 4 is 6.29 Å². The lowest BCUT2D eigenvalue weighted by molar-refractivity contribution is 0.111. The average Bonchev–Trinajstić information content (AvgIpc) is 2.85. The lowest BCUT2D eigenvalue weighted by atomic mass is 10.2. The largest absolute Gasteiger partial charge is 0.493 e. The van der Waals surface area contributed by atoms with E-state index in [2.05, 4.69) is 16.9 Å². The molecule has 17 heavy (non-hydrogen) atoms. The molecule has 0 saturated carbocycles. The van der Waals surface area contributed by atoms with Crippen LogP contribution in [0.1, 0.15) is 23.8 Å². The van der Waals surface area contributed by atoms with Gasteiger partial charge in [0.15, 0.2) is 6.29 Å². The fraction of sp³-hybridized carbons (Fsp3) is 0.231. The van der Waals surface area contributed by atoms with Crippen molar-refractivity contribution in [1.29, 1.82) is 0 Å². The average molecular weight is 230 g/mol. The van der Waals surface area contributed by atoms with Crippen LogP contribution in [0.15, 0.2) is 30.5 Å². The Morgan fingerprint density at radius 1 is 1.41 bits per heavy atom. The minimum atomic E-state index is 0.463. The van der Waals surface area contributed by atoms with Gasteiger partial charge >= 0.3 is 0 Å². The van der Waals surface area contributed by atoms with E-state index in [0.29, 0.717) is 18.1 Å². The number of nitrogens with one attached hydrogen (secondary N) is 1. The van der Waals surface area contributed by atoms with Gasteiger partial charge in [0.2, 0.25) is 0 Å². The highest BCUT2D eigenvalue weighted by Crippen LogP contribution is 2.27. The van der Waals surface area contributed by atoms with Gasteiger partial charge in [-0.1, -0.05) is 19.1 Å². The Hall–Kier alpha value is -2.10. The zero-order valence-corrected chi connectivity index (χ0v) is 9.64. The van der Waals surface area contributed by atoms with E-state index in [1.54, 1.807) is 0 Å². The highest BCUT2D eigenvalue weighted by Gasteiger charge is 2.08. The number of nitrogens with zero attached hydrogens (tertiary/aromatic N) is 1. The number of aromatic amines is 1. The highest BCUT2D eigenvalue weighted by molar-refractivity contribution is 5.74. The number of benzene rings is 1. The Bertz CT molecular complexity index is 506. The molecule has 0 atom stereocenters. The lowest BCUT2D eigenvalue weighted by Crippen LogP contribution is -1.97. The van der Waals surface area contributed by atoms with E-state index in [9.17, 15) is 4.79 Å². The molecule has 4 heteroatoms. The Morgan fingerprint density at radius 3 is 2.94 bits per heavy atom. The maximum atomic E-state index is 10.6. The number of carbonyl (C=O) groups is 1. The second kappa shape index (κ2) is 5.30. The fourth-order valence-corrected chi connectivity index (χ4v) is 1.53. The van der Waals surface area contributed by atoms with E-state index in [-0.39, 0.29) is 0 Å².